The van der Waals surface area contributed by atoms with Gasteiger partial charge in [-0.1, -0.05) is 12.2 Å². The summed E-state index contributed by atoms with van der Waals surface area (Å²) in [6, 6.07) is 0. The van der Waals surface area contributed by atoms with Gasteiger partial charge in [-0.15, -0.1) is 0 Å². The number of thioether (sulfide) groups is 1. The maximum absolute atomic E-state index is 2.24. The van der Waals surface area contributed by atoms with E-state index in [1.54, 1.807) is 0 Å². The molecule has 1 unspecified atom stereocenters. The summed E-state index contributed by atoms with van der Waals surface area (Å²) in [6.07, 6.45) is 4.36. The van der Waals surface area contributed by atoms with Crippen LogP contribution in [-0.4, -0.2) is 11.0 Å². The molecule has 0 saturated carbocycles. The molecule has 0 aromatic heterocycles. The SMILES string of the molecule is C/C=C/C1CS1. The van der Waals surface area contributed by atoms with Crippen molar-refractivity contribution in [1.82, 2.24) is 0 Å². The lowest BCUT2D eigenvalue weighted by atomic mass is 10.4. The summed E-state index contributed by atoms with van der Waals surface area (Å²) < 4.78 is 0. The minimum atomic E-state index is 0.884. The van der Waals surface area contributed by atoms with Crippen LogP contribution in [0.15, 0.2) is 12.2 Å². The first-order chi connectivity index (χ1) is 2.93. The first kappa shape index (κ1) is 4.25. The summed E-state index contributed by atoms with van der Waals surface area (Å²) in [5, 5.41) is 0.884. The van der Waals surface area contributed by atoms with E-state index in [-0.39, 0.29) is 0 Å². The second kappa shape index (κ2) is 1.69. The van der Waals surface area contributed by atoms with E-state index in [1.165, 1.54) is 5.75 Å². The Balaban J connectivity index is 2.15. The van der Waals surface area contributed by atoms with E-state index in [0.29, 0.717) is 0 Å². The highest BCUT2D eigenvalue weighted by Gasteiger charge is 2.16. The minimum Gasteiger partial charge on any atom is -0.152 e. The summed E-state index contributed by atoms with van der Waals surface area (Å²) in [4.78, 5) is 0. The first-order valence-corrected chi connectivity index (χ1v) is 3.23. The molecule has 0 nitrogen and oxygen atoms in total. The van der Waals surface area contributed by atoms with Crippen molar-refractivity contribution < 1.29 is 0 Å². The second-order valence-corrected chi connectivity index (χ2v) is 2.67. The fourth-order valence-corrected chi connectivity index (χ4v) is 0.872. The number of allylic oxidation sites excluding steroid dienone is 1. The van der Waals surface area contributed by atoms with Gasteiger partial charge in [-0.3, -0.25) is 0 Å². The Morgan fingerprint density at radius 2 is 2.50 bits per heavy atom. The highest BCUT2D eigenvalue weighted by molar-refractivity contribution is 8.07. The normalized spacial score (nSPS) is 31.8. The molecule has 1 rings (SSSR count). The lowest BCUT2D eigenvalue weighted by Gasteiger charge is -1.67. The Hall–Kier alpha value is 0.0900. The fourth-order valence-electron chi connectivity index (χ4n) is 0.381. The summed E-state index contributed by atoms with van der Waals surface area (Å²) >= 11 is 2.01. The van der Waals surface area contributed by atoms with Gasteiger partial charge in [0.25, 0.3) is 0 Å². The van der Waals surface area contributed by atoms with Gasteiger partial charge in [-0.05, 0) is 6.92 Å². The van der Waals surface area contributed by atoms with E-state index in [0.717, 1.165) is 5.25 Å². The zero-order valence-corrected chi connectivity index (χ0v) is 4.66. The zero-order valence-electron chi connectivity index (χ0n) is 3.85. The third-order valence-corrected chi connectivity index (χ3v) is 1.64. The van der Waals surface area contributed by atoms with Gasteiger partial charge < -0.3 is 0 Å². The van der Waals surface area contributed by atoms with Crippen LogP contribution in [-0.2, 0) is 0 Å². The standard InChI is InChI=1S/C5H8S/c1-2-3-5-4-6-5/h2-3,5H,4H2,1H3/b3-2+. The third-order valence-electron chi connectivity index (χ3n) is 0.766. The van der Waals surface area contributed by atoms with Crippen LogP contribution in [0.3, 0.4) is 0 Å². The summed E-state index contributed by atoms with van der Waals surface area (Å²) in [5.74, 6) is 1.35. The predicted molar refractivity (Wildman–Crippen MR) is 31.1 cm³/mol. The first-order valence-electron chi connectivity index (χ1n) is 2.18. The molecule has 1 aliphatic heterocycles. The van der Waals surface area contributed by atoms with Crippen molar-refractivity contribution in [3.05, 3.63) is 12.2 Å². The van der Waals surface area contributed by atoms with Crippen molar-refractivity contribution in [3.63, 3.8) is 0 Å². The van der Waals surface area contributed by atoms with Crippen LogP contribution in [0, 0.1) is 0 Å². The Labute approximate surface area is 42.6 Å². The third kappa shape index (κ3) is 1.05. The van der Waals surface area contributed by atoms with Gasteiger partial charge in [0, 0.05) is 11.0 Å². The minimum absolute atomic E-state index is 0.884. The number of rotatable bonds is 1. The quantitative estimate of drug-likeness (QED) is 0.357. The molecule has 0 spiro atoms. The van der Waals surface area contributed by atoms with Gasteiger partial charge >= 0.3 is 0 Å². The van der Waals surface area contributed by atoms with E-state index in [9.17, 15) is 0 Å². The molecule has 0 bridgehead atoms. The fraction of sp³-hybridized carbons (Fsp3) is 0.600. The molecule has 1 aliphatic rings. The van der Waals surface area contributed by atoms with Crippen LogP contribution in [0.1, 0.15) is 6.92 Å². The average molecular weight is 100 g/mol. The van der Waals surface area contributed by atoms with Crippen molar-refractivity contribution in [2.45, 2.75) is 12.2 Å². The highest BCUT2D eigenvalue weighted by atomic mass is 32.2. The van der Waals surface area contributed by atoms with Crippen LogP contribution < -0.4 is 0 Å². The molecule has 1 atom stereocenters. The predicted octanol–water partition coefficient (Wildman–Crippen LogP) is 1.68. The van der Waals surface area contributed by atoms with Crippen molar-refractivity contribution in [2.75, 3.05) is 5.75 Å². The molecule has 1 heterocycles. The summed E-state index contributed by atoms with van der Waals surface area (Å²) in [7, 11) is 0. The van der Waals surface area contributed by atoms with E-state index in [4.69, 9.17) is 0 Å². The highest BCUT2D eigenvalue weighted by Crippen LogP contribution is 2.30. The van der Waals surface area contributed by atoms with Crippen molar-refractivity contribution in [3.8, 4) is 0 Å². The van der Waals surface area contributed by atoms with E-state index in [2.05, 4.69) is 19.1 Å². The molecule has 0 amide bonds. The molecular weight excluding hydrogens is 92.1 g/mol. The monoisotopic (exact) mass is 100 g/mol. The zero-order chi connectivity index (χ0) is 4.41. The molecule has 0 N–H and O–H groups in total. The molecule has 1 saturated heterocycles. The van der Waals surface area contributed by atoms with Gasteiger partial charge in [0.2, 0.25) is 0 Å². The molecule has 34 valence electrons. The largest absolute Gasteiger partial charge is 0.152 e. The van der Waals surface area contributed by atoms with E-state index >= 15 is 0 Å². The van der Waals surface area contributed by atoms with E-state index in [1.807, 2.05) is 11.8 Å². The average Bonchev–Trinajstić information content (AvgIpc) is 2.21. The molecule has 1 fully saturated rings. The topological polar surface area (TPSA) is 0 Å². The number of hydrogen-bond donors (Lipinski definition) is 0. The lowest BCUT2D eigenvalue weighted by molar-refractivity contribution is 1.40. The van der Waals surface area contributed by atoms with Crippen LogP contribution in [0.4, 0.5) is 0 Å². The summed E-state index contributed by atoms with van der Waals surface area (Å²) in [5.41, 5.74) is 0. The van der Waals surface area contributed by atoms with Crippen molar-refractivity contribution >= 4 is 11.8 Å². The van der Waals surface area contributed by atoms with Crippen LogP contribution in [0.2, 0.25) is 0 Å². The van der Waals surface area contributed by atoms with Crippen LogP contribution in [0.25, 0.3) is 0 Å². The Kier molecular flexibility index (Phi) is 1.20. The molecular formula is C5H8S. The van der Waals surface area contributed by atoms with Crippen molar-refractivity contribution in [1.29, 1.82) is 0 Å². The number of hydrogen-bond acceptors (Lipinski definition) is 1. The van der Waals surface area contributed by atoms with Crippen molar-refractivity contribution in [2.24, 2.45) is 0 Å². The van der Waals surface area contributed by atoms with Gasteiger partial charge in [-0.25, -0.2) is 0 Å². The molecule has 0 radical (unpaired) electrons. The molecule has 0 aromatic carbocycles. The Morgan fingerprint density at radius 1 is 1.83 bits per heavy atom. The maximum atomic E-state index is 2.24. The lowest BCUT2D eigenvalue weighted by Crippen LogP contribution is -1.66. The second-order valence-electron chi connectivity index (χ2n) is 1.40. The van der Waals surface area contributed by atoms with Crippen LogP contribution in [0.5, 0.6) is 0 Å². The van der Waals surface area contributed by atoms with E-state index < -0.39 is 0 Å². The molecule has 6 heavy (non-hydrogen) atoms. The summed E-state index contributed by atoms with van der Waals surface area (Å²) in [6.45, 7) is 2.07. The Morgan fingerprint density at radius 3 is 2.67 bits per heavy atom. The van der Waals surface area contributed by atoms with Gasteiger partial charge in [0.05, 0.1) is 0 Å². The molecule has 0 aromatic rings. The van der Waals surface area contributed by atoms with Gasteiger partial charge in [-0.2, -0.15) is 11.8 Å². The Bertz CT molecular complexity index is 62.3. The smallest absolute Gasteiger partial charge is 0.0318 e. The molecule has 0 aliphatic carbocycles. The molecule has 1 heteroatoms. The van der Waals surface area contributed by atoms with Gasteiger partial charge in [0.15, 0.2) is 0 Å². The van der Waals surface area contributed by atoms with Gasteiger partial charge in [0.1, 0.15) is 0 Å². The maximum Gasteiger partial charge on any atom is 0.0318 e. The van der Waals surface area contributed by atoms with Crippen LogP contribution >= 0.6 is 11.8 Å².